The number of para-hydroxylation sites is 3. The van der Waals surface area contributed by atoms with Gasteiger partial charge in [-0.1, -0.05) is 30.3 Å². The van der Waals surface area contributed by atoms with Crippen LogP contribution < -0.4 is 10.1 Å². The number of carbonyl (C=O) groups is 2. The maximum absolute atomic E-state index is 12.2. The predicted molar refractivity (Wildman–Crippen MR) is 93.8 cm³/mol. The van der Waals surface area contributed by atoms with Crippen LogP contribution in [0.1, 0.15) is 13.8 Å². The van der Waals surface area contributed by atoms with Gasteiger partial charge in [0.1, 0.15) is 11.4 Å². The lowest BCUT2D eigenvalue weighted by Crippen LogP contribution is -2.35. The number of benzene rings is 2. The molecule has 0 aliphatic heterocycles. The number of nitrogens with one attached hydrogen (secondary N) is 1. The SMILES string of the molecule is C[C@H](Oc1ccccc1)C(=O)O[C@H](C)C(=O)Nc1ccccc1[N+](=O)[O-]. The number of hydrogen-bond donors (Lipinski definition) is 1. The van der Waals surface area contributed by atoms with Crippen LogP contribution in [0.3, 0.4) is 0 Å². The third-order valence-electron chi connectivity index (χ3n) is 3.41. The lowest BCUT2D eigenvalue weighted by molar-refractivity contribution is -0.383. The summed E-state index contributed by atoms with van der Waals surface area (Å²) in [5, 5.41) is 13.4. The van der Waals surface area contributed by atoms with Crippen molar-refractivity contribution in [1.82, 2.24) is 0 Å². The molecule has 0 aromatic heterocycles. The molecule has 0 saturated heterocycles. The summed E-state index contributed by atoms with van der Waals surface area (Å²) in [6.45, 7) is 2.87. The van der Waals surface area contributed by atoms with Gasteiger partial charge in [-0.3, -0.25) is 14.9 Å². The molecule has 8 heteroatoms. The Morgan fingerprint density at radius 3 is 2.27 bits per heavy atom. The largest absolute Gasteiger partial charge is 0.479 e. The third kappa shape index (κ3) is 5.04. The van der Waals surface area contributed by atoms with Crippen molar-refractivity contribution in [2.45, 2.75) is 26.1 Å². The normalized spacial score (nSPS) is 12.5. The van der Waals surface area contributed by atoms with Gasteiger partial charge in [-0.25, -0.2) is 4.79 Å². The first kappa shape index (κ1) is 18.9. The van der Waals surface area contributed by atoms with Crippen molar-refractivity contribution in [2.75, 3.05) is 5.32 Å². The van der Waals surface area contributed by atoms with Gasteiger partial charge in [0.25, 0.3) is 11.6 Å². The van der Waals surface area contributed by atoms with Gasteiger partial charge >= 0.3 is 5.97 Å². The van der Waals surface area contributed by atoms with Crippen LogP contribution in [0.5, 0.6) is 5.75 Å². The number of nitrogens with zero attached hydrogens (tertiary/aromatic N) is 1. The molecule has 26 heavy (non-hydrogen) atoms. The van der Waals surface area contributed by atoms with Crippen LogP contribution >= 0.6 is 0 Å². The predicted octanol–water partition coefficient (Wildman–Crippen LogP) is 2.93. The number of esters is 1. The number of hydrogen-bond acceptors (Lipinski definition) is 6. The fourth-order valence-corrected chi connectivity index (χ4v) is 2.05. The highest BCUT2D eigenvalue weighted by Gasteiger charge is 2.25. The van der Waals surface area contributed by atoms with E-state index in [0.717, 1.165) is 0 Å². The van der Waals surface area contributed by atoms with Crippen molar-refractivity contribution in [1.29, 1.82) is 0 Å². The maximum Gasteiger partial charge on any atom is 0.347 e. The van der Waals surface area contributed by atoms with Gasteiger partial charge in [0.05, 0.1) is 4.92 Å². The molecule has 0 heterocycles. The van der Waals surface area contributed by atoms with Crippen molar-refractivity contribution in [3.8, 4) is 5.75 Å². The van der Waals surface area contributed by atoms with Crippen LogP contribution in [0.15, 0.2) is 54.6 Å². The van der Waals surface area contributed by atoms with E-state index in [9.17, 15) is 19.7 Å². The first-order valence-electron chi connectivity index (χ1n) is 7.85. The highest BCUT2D eigenvalue weighted by atomic mass is 16.6. The molecule has 136 valence electrons. The van der Waals surface area contributed by atoms with Crippen molar-refractivity contribution in [3.05, 3.63) is 64.7 Å². The molecule has 0 radical (unpaired) electrons. The molecule has 0 fully saturated rings. The van der Waals surface area contributed by atoms with Gasteiger partial charge in [-0.15, -0.1) is 0 Å². The van der Waals surface area contributed by atoms with Crippen molar-refractivity contribution in [2.24, 2.45) is 0 Å². The van der Waals surface area contributed by atoms with Gasteiger partial charge in [0.15, 0.2) is 12.2 Å². The second-order valence-corrected chi connectivity index (χ2v) is 5.42. The Morgan fingerprint density at radius 1 is 1.00 bits per heavy atom. The van der Waals surface area contributed by atoms with Crippen LogP contribution in [0, 0.1) is 10.1 Å². The highest BCUT2D eigenvalue weighted by Crippen LogP contribution is 2.23. The Balaban J connectivity index is 1.94. The zero-order valence-electron chi connectivity index (χ0n) is 14.2. The van der Waals surface area contributed by atoms with Gasteiger partial charge in [0.2, 0.25) is 0 Å². The molecule has 0 aliphatic rings. The Kier molecular flexibility index (Phi) is 6.26. The van der Waals surface area contributed by atoms with E-state index < -0.39 is 29.0 Å². The lowest BCUT2D eigenvalue weighted by Gasteiger charge is -2.17. The topological polar surface area (TPSA) is 108 Å². The number of nitro benzene ring substituents is 1. The minimum absolute atomic E-state index is 0.0268. The first-order valence-corrected chi connectivity index (χ1v) is 7.85. The van der Waals surface area contributed by atoms with Gasteiger partial charge in [-0.2, -0.15) is 0 Å². The van der Waals surface area contributed by atoms with E-state index in [-0.39, 0.29) is 11.4 Å². The molecule has 8 nitrogen and oxygen atoms in total. The average molecular weight is 358 g/mol. The zero-order valence-corrected chi connectivity index (χ0v) is 14.2. The average Bonchev–Trinajstić information content (AvgIpc) is 2.62. The molecule has 0 spiro atoms. The van der Waals surface area contributed by atoms with Crippen LogP contribution in [0.4, 0.5) is 11.4 Å². The number of anilines is 1. The second kappa shape index (κ2) is 8.61. The summed E-state index contributed by atoms with van der Waals surface area (Å²) >= 11 is 0. The smallest absolute Gasteiger partial charge is 0.347 e. The Morgan fingerprint density at radius 2 is 1.62 bits per heavy atom. The molecule has 2 atom stereocenters. The van der Waals surface area contributed by atoms with E-state index in [1.165, 1.54) is 32.0 Å². The summed E-state index contributed by atoms with van der Waals surface area (Å²) in [4.78, 5) is 34.6. The monoisotopic (exact) mass is 358 g/mol. The molecular formula is C18H18N2O6. The Hall–Kier alpha value is -3.42. The molecular weight excluding hydrogens is 340 g/mol. The second-order valence-electron chi connectivity index (χ2n) is 5.42. The molecule has 0 aliphatic carbocycles. The molecule has 2 rings (SSSR count). The van der Waals surface area contributed by atoms with Gasteiger partial charge in [0, 0.05) is 6.07 Å². The fourth-order valence-electron chi connectivity index (χ4n) is 2.05. The molecule has 2 aromatic rings. The van der Waals surface area contributed by atoms with Crippen molar-refractivity contribution in [3.63, 3.8) is 0 Å². The van der Waals surface area contributed by atoms with Crippen LogP contribution in [-0.2, 0) is 14.3 Å². The van der Waals surface area contributed by atoms with E-state index in [1.54, 1.807) is 30.3 Å². The highest BCUT2D eigenvalue weighted by molar-refractivity contribution is 5.97. The van der Waals surface area contributed by atoms with E-state index in [2.05, 4.69) is 5.32 Å². The third-order valence-corrected chi connectivity index (χ3v) is 3.41. The molecule has 0 bridgehead atoms. The number of amides is 1. The van der Waals surface area contributed by atoms with Crippen molar-refractivity contribution >= 4 is 23.3 Å². The molecule has 1 N–H and O–H groups in total. The van der Waals surface area contributed by atoms with E-state index in [4.69, 9.17) is 9.47 Å². The molecule has 1 amide bonds. The summed E-state index contributed by atoms with van der Waals surface area (Å²) < 4.78 is 10.5. The number of nitro groups is 1. The summed E-state index contributed by atoms with van der Waals surface area (Å²) in [5.41, 5.74) is -0.223. The maximum atomic E-state index is 12.2. The van der Waals surface area contributed by atoms with E-state index in [0.29, 0.717) is 5.75 Å². The molecule has 2 aromatic carbocycles. The first-order chi connectivity index (χ1) is 12.4. The summed E-state index contributed by atoms with van der Waals surface area (Å²) in [7, 11) is 0. The van der Waals surface area contributed by atoms with E-state index >= 15 is 0 Å². The van der Waals surface area contributed by atoms with Crippen LogP contribution in [-0.4, -0.2) is 29.0 Å². The molecule has 0 saturated carbocycles. The Labute approximate surface area is 149 Å². The number of rotatable bonds is 7. The Bertz CT molecular complexity index is 793. The van der Waals surface area contributed by atoms with E-state index in [1.807, 2.05) is 6.07 Å². The summed E-state index contributed by atoms with van der Waals surface area (Å²) in [5.74, 6) is -0.910. The summed E-state index contributed by atoms with van der Waals surface area (Å²) in [6, 6.07) is 14.4. The van der Waals surface area contributed by atoms with Gasteiger partial charge < -0.3 is 14.8 Å². The zero-order chi connectivity index (χ0) is 19.1. The fraction of sp³-hybridized carbons (Fsp3) is 0.222. The minimum Gasteiger partial charge on any atom is -0.479 e. The quantitative estimate of drug-likeness (QED) is 0.463. The lowest BCUT2D eigenvalue weighted by atomic mass is 10.2. The number of ether oxygens (including phenoxy) is 2. The summed E-state index contributed by atoms with van der Waals surface area (Å²) in [6.07, 6.45) is -2.07. The van der Waals surface area contributed by atoms with Crippen LogP contribution in [0.2, 0.25) is 0 Å². The minimum atomic E-state index is -1.15. The van der Waals surface area contributed by atoms with Crippen molar-refractivity contribution < 1.29 is 24.0 Å². The standard InChI is InChI=1S/C18H18N2O6/c1-12(17(21)19-15-10-6-7-11-16(15)20(23)24)26-18(22)13(2)25-14-8-4-3-5-9-14/h3-13H,1-2H3,(H,19,21)/t12-,13+/m1/s1. The number of carbonyl (C=O) groups excluding carboxylic acids is 2. The van der Waals surface area contributed by atoms with Crippen LogP contribution in [0.25, 0.3) is 0 Å². The van der Waals surface area contributed by atoms with Gasteiger partial charge in [-0.05, 0) is 32.0 Å². The molecule has 0 unspecified atom stereocenters.